The highest BCUT2D eigenvalue weighted by Gasteiger charge is 2.28. The zero-order chi connectivity index (χ0) is 18.3. The summed E-state index contributed by atoms with van der Waals surface area (Å²) in [5.74, 6) is -3.71. The van der Waals surface area contributed by atoms with Crippen LogP contribution in [0.3, 0.4) is 0 Å². The van der Waals surface area contributed by atoms with Crippen LogP contribution in [0.4, 0.5) is 0 Å². The van der Waals surface area contributed by atoms with Gasteiger partial charge in [0.25, 0.3) is 10.1 Å². The summed E-state index contributed by atoms with van der Waals surface area (Å²) in [4.78, 5) is 33.1. The van der Waals surface area contributed by atoms with Gasteiger partial charge in [0.05, 0.1) is 12.2 Å². The van der Waals surface area contributed by atoms with Gasteiger partial charge in [0.2, 0.25) is 0 Å². The van der Waals surface area contributed by atoms with Crippen molar-refractivity contribution in [2.75, 3.05) is 11.5 Å². The van der Waals surface area contributed by atoms with Crippen LogP contribution in [-0.4, -0.2) is 63.4 Å². The number of carbonyl (C=O) groups is 3. The molecule has 0 saturated carbocycles. The van der Waals surface area contributed by atoms with E-state index in [0.29, 0.717) is 0 Å². The Morgan fingerprint density at radius 1 is 1.22 bits per heavy atom. The normalized spacial score (nSPS) is 13.3. The van der Waals surface area contributed by atoms with Crippen molar-refractivity contribution < 1.29 is 42.3 Å². The molecule has 0 aromatic carbocycles. The minimum atomic E-state index is -4.14. The number of aliphatic carboxylic acids is 2. The van der Waals surface area contributed by atoms with Crippen LogP contribution in [0.1, 0.15) is 33.1 Å². The Balaban J connectivity index is 4.37. The summed E-state index contributed by atoms with van der Waals surface area (Å²) < 4.78 is 34.7. The Hall–Kier alpha value is -1.33. The minimum Gasteiger partial charge on any atom is -0.481 e. The summed E-state index contributed by atoms with van der Waals surface area (Å²) in [7, 11) is -4.14. The lowest BCUT2D eigenvalue weighted by molar-refractivity contribution is -0.154. The summed E-state index contributed by atoms with van der Waals surface area (Å²) in [6, 6.07) is 0. The molecule has 0 radical (unpaired) electrons. The van der Waals surface area contributed by atoms with Gasteiger partial charge in [-0.05, 0) is 20.3 Å². The van der Waals surface area contributed by atoms with E-state index >= 15 is 0 Å². The fourth-order valence-corrected chi connectivity index (χ4v) is 3.04. The minimum absolute atomic E-state index is 0.0568. The first-order chi connectivity index (χ1) is 10.3. The molecule has 0 bridgehead atoms. The van der Waals surface area contributed by atoms with Gasteiger partial charge in [0.1, 0.15) is 10.9 Å². The Morgan fingerprint density at radius 3 is 2.22 bits per heavy atom. The van der Waals surface area contributed by atoms with Gasteiger partial charge in [0.15, 0.2) is 0 Å². The fraction of sp³-hybridized carbons (Fsp3) is 0.750. The maximum Gasteiger partial charge on any atom is 0.317 e. The molecule has 1 unspecified atom stereocenters. The van der Waals surface area contributed by atoms with Crippen LogP contribution in [0.15, 0.2) is 0 Å². The summed E-state index contributed by atoms with van der Waals surface area (Å²) in [6.07, 6.45) is -0.874. The molecule has 0 aromatic heterocycles. The third-order valence-electron chi connectivity index (χ3n) is 2.44. The van der Waals surface area contributed by atoms with Crippen LogP contribution in [0.25, 0.3) is 0 Å². The Bertz CT molecular complexity index is 539. The molecule has 0 saturated heterocycles. The number of thioether (sulfide) groups is 1. The van der Waals surface area contributed by atoms with Crippen LogP contribution < -0.4 is 0 Å². The number of esters is 1. The molecule has 0 aliphatic carbocycles. The van der Waals surface area contributed by atoms with Crippen LogP contribution >= 0.6 is 11.8 Å². The fourth-order valence-electron chi connectivity index (χ4n) is 1.46. The Kier molecular flexibility index (Phi) is 8.56. The maximum atomic E-state index is 11.6. The van der Waals surface area contributed by atoms with E-state index in [1.807, 2.05) is 0 Å². The molecule has 0 rings (SSSR count). The second-order valence-electron chi connectivity index (χ2n) is 5.36. The molecular formula is C12H20O9S2. The lowest BCUT2D eigenvalue weighted by Crippen LogP contribution is -2.33. The highest BCUT2D eigenvalue weighted by Crippen LogP contribution is 2.24. The van der Waals surface area contributed by atoms with Crippen molar-refractivity contribution in [3.05, 3.63) is 0 Å². The summed E-state index contributed by atoms with van der Waals surface area (Å²) >= 11 is 0.842. The second-order valence-corrected chi connectivity index (χ2v) is 8.12. The lowest BCUT2D eigenvalue weighted by Gasteiger charge is -2.26. The van der Waals surface area contributed by atoms with E-state index in [1.54, 1.807) is 0 Å². The number of rotatable bonds is 11. The molecule has 1 atom stereocenters. The molecule has 11 heteroatoms. The molecule has 0 aromatic rings. The molecule has 9 nitrogen and oxygen atoms in total. The molecular weight excluding hydrogens is 352 g/mol. The molecule has 0 amide bonds. The standard InChI is InChI=1S/C12H20O9S2/c1-12(2,7-22-8(11(16)17)6-9(13)14)21-10(15)4-3-5-23(18,19)20/h8H,3-7H2,1-2H3,(H,13,14)(H,16,17)(H,18,19,20). The van der Waals surface area contributed by atoms with E-state index in [1.165, 1.54) is 13.8 Å². The third-order valence-corrected chi connectivity index (χ3v) is 4.88. The van der Waals surface area contributed by atoms with Crippen LogP contribution in [-0.2, 0) is 29.2 Å². The molecule has 134 valence electrons. The van der Waals surface area contributed by atoms with Gasteiger partial charge < -0.3 is 14.9 Å². The van der Waals surface area contributed by atoms with Crippen molar-refractivity contribution in [3.8, 4) is 0 Å². The van der Waals surface area contributed by atoms with Crippen LogP contribution in [0, 0.1) is 0 Å². The molecule has 3 N–H and O–H groups in total. The highest BCUT2D eigenvalue weighted by molar-refractivity contribution is 8.00. The van der Waals surface area contributed by atoms with Gasteiger partial charge in [-0.1, -0.05) is 0 Å². The monoisotopic (exact) mass is 372 g/mol. The first-order valence-electron chi connectivity index (χ1n) is 6.55. The molecule has 0 spiro atoms. The smallest absolute Gasteiger partial charge is 0.317 e. The van der Waals surface area contributed by atoms with Gasteiger partial charge in [-0.15, -0.1) is 11.8 Å². The van der Waals surface area contributed by atoms with Gasteiger partial charge in [-0.3, -0.25) is 18.9 Å². The number of hydrogen-bond acceptors (Lipinski definition) is 7. The van der Waals surface area contributed by atoms with Gasteiger partial charge in [0, 0.05) is 12.2 Å². The van der Waals surface area contributed by atoms with Gasteiger partial charge in [-0.2, -0.15) is 8.42 Å². The topological polar surface area (TPSA) is 155 Å². The van der Waals surface area contributed by atoms with E-state index in [0.717, 1.165) is 11.8 Å². The summed E-state index contributed by atoms with van der Waals surface area (Å²) in [5, 5.41) is 16.4. The predicted molar refractivity (Wildman–Crippen MR) is 82.0 cm³/mol. The summed E-state index contributed by atoms with van der Waals surface area (Å²) in [5.41, 5.74) is -1.05. The zero-order valence-electron chi connectivity index (χ0n) is 12.7. The van der Waals surface area contributed by atoms with E-state index in [9.17, 15) is 22.8 Å². The molecule has 23 heavy (non-hydrogen) atoms. The van der Waals surface area contributed by atoms with Crippen LogP contribution in [0.2, 0.25) is 0 Å². The first kappa shape index (κ1) is 21.7. The Labute approximate surface area is 138 Å². The van der Waals surface area contributed by atoms with Crippen LogP contribution in [0.5, 0.6) is 0 Å². The zero-order valence-corrected chi connectivity index (χ0v) is 14.4. The van der Waals surface area contributed by atoms with Crippen molar-refractivity contribution in [1.29, 1.82) is 0 Å². The first-order valence-corrected chi connectivity index (χ1v) is 9.21. The van der Waals surface area contributed by atoms with Crippen molar-refractivity contribution in [3.63, 3.8) is 0 Å². The van der Waals surface area contributed by atoms with Gasteiger partial charge >= 0.3 is 17.9 Å². The number of carbonyl (C=O) groups excluding carboxylic acids is 1. The van der Waals surface area contributed by atoms with Crippen molar-refractivity contribution in [2.24, 2.45) is 0 Å². The van der Waals surface area contributed by atoms with E-state index < -0.39 is 51.1 Å². The van der Waals surface area contributed by atoms with Crippen molar-refractivity contribution in [1.82, 2.24) is 0 Å². The summed E-state index contributed by atoms with van der Waals surface area (Å²) in [6.45, 7) is 3.06. The number of hydrogen-bond donors (Lipinski definition) is 3. The lowest BCUT2D eigenvalue weighted by atomic mass is 10.2. The predicted octanol–water partition coefficient (Wildman–Crippen LogP) is 0.637. The average molecular weight is 372 g/mol. The van der Waals surface area contributed by atoms with Crippen molar-refractivity contribution >= 4 is 39.8 Å². The number of carboxylic acids is 2. The number of carboxylic acid groups (broad SMARTS) is 2. The molecule has 0 heterocycles. The van der Waals surface area contributed by atoms with E-state index in [4.69, 9.17) is 19.5 Å². The third kappa shape index (κ3) is 11.8. The Morgan fingerprint density at radius 2 is 1.78 bits per heavy atom. The SMILES string of the molecule is CC(C)(CSC(CC(=O)O)C(=O)O)OC(=O)CCCS(=O)(=O)O. The maximum absolute atomic E-state index is 11.6. The molecule has 0 aliphatic heterocycles. The molecule has 0 fully saturated rings. The van der Waals surface area contributed by atoms with E-state index in [-0.39, 0.29) is 18.6 Å². The van der Waals surface area contributed by atoms with E-state index in [2.05, 4.69) is 0 Å². The second kappa shape index (κ2) is 9.08. The number of ether oxygens (including phenoxy) is 1. The quantitative estimate of drug-likeness (QED) is 0.347. The van der Waals surface area contributed by atoms with Gasteiger partial charge in [-0.25, -0.2) is 0 Å². The highest BCUT2D eigenvalue weighted by atomic mass is 32.2. The van der Waals surface area contributed by atoms with Crippen molar-refractivity contribution in [2.45, 2.75) is 44.0 Å². The average Bonchev–Trinajstić information content (AvgIpc) is 2.31. The molecule has 0 aliphatic rings. The largest absolute Gasteiger partial charge is 0.481 e.